The molecule has 0 spiro atoms. The number of H-pyrrole nitrogens is 2. The van der Waals surface area contributed by atoms with Gasteiger partial charge in [0.25, 0.3) is 5.56 Å². The molecule has 0 aliphatic carbocycles. The van der Waals surface area contributed by atoms with Crippen LogP contribution in [0.2, 0.25) is 0 Å². The van der Waals surface area contributed by atoms with Crippen LogP contribution in [-0.2, 0) is 17.6 Å². The normalized spacial score (nSPS) is 12.1. The molecule has 0 radical (unpaired) electrons. The Morgan fingerprint density at radius 3 is 2.63 bits per heavy atom. The van der Waals surface area contributed by atoms with Crippen molar-refractivity contribution >= 4 is 16.8 Å². The first-order valence-corrected chi connectivity index (χ1v) is 9.96. The third-order valence-electron chi connectivity index (χ3n) is 5.28. The van der Waals surface area contributed by atoms with Crippen LogP contribution in [0.15, 0.2) is 65.6 Å². The quantitative estimate of drug-likeness (QED) is 0.463. The van der Waals surface area contributed by atoms with Gasteiger partial charge in [-0.25, -0.2) is 4.98 Å². The zero-order valence-corrected chi connectivity index (χ0v) is 17.0. The monoisotopic (exact) mass is 400 g/mol. The smallest absolute Gasteiger partial charge is 0.251 e. The van der Waals surface area contributed by atoms with Crippen molar-refractivity contribution in [2.75, 3.05) is 0 Å². The van der Waals surface area contributed by atoms with Crippen molar-refractivity contribution in [3.63, 3.8) is 0 Å². The number of nitrogens with zero attached hydrogens (tertiary/aromatic N) is 1. The van der Waals surface area contributed by atoms with Crippen LogP contribution in [0.4, 0.5) is 0 Å². The Kier molecular flexibility index (Phi) is 5.48. The molecule has 2 heterocycles. The zero-order valence-electron chi connectivity index (χ0n) is 17.0. The van der Waals surface area contributed by atoms with Crippen molar-refractivity contribution in [1.29, 1.82) is 0 Å². The lowest BCUT2D eigenvalue weighted by atomic mass is 10.0. The molecule has 152 valence electrons. The van der Waals surface area contributed by atoms with E-state index in [0.717, 1.165) is 27.6 Å². The molecule has 6 heteroatoms. The second kappa shape index (κ2) is 8.37. The van der Waals surface area contributed by atoms with Crippen molar-refractivity contribution in [3.05, 3.63) is 99.4 Å². The summed E-state index contributed by atoms with van der Waals surface area (Å²) in [7, 11) is 0. The van der Waals surface area contributed by atoms with Crippen molar-refractivity contribution in [2.45, 2.75) is 32.7 Å². The van der Waals surface area contributed by atoms with Crippen LogP contribution in [0.3, 0.4) is 0 Å². The highest BCUT2D eigenvalue weighted by atomic mass is 16.1. The Morgan fingerprint density at radius 2 is 1.83 bits per heavy atom. The second-order valence-electron chi connectivity index (χ2n) is 7.54. The molecule has 0 aliphatic heterocycles. The minimum absolute atomic E-state index is 0.103. The van der Waals surface area contributed by atoms with Gasteiger partial charge in [0.15, 0.2) is 0 Å². The number of aryl methyl sites for hydroxylation is 2. The summed E-state index contributed by atoms with van der Waals surface area (Å²) in [6, 6.07) is 16.9. The van der Waals surface area contributed by atoms with Gasteiger partial charge in [0.05, 0.1) is 18.2 Å². The molecule has 0 bridgehead atoms. The van der Waals surface area contributed by atoms with Gasteiger partial charge in [-0.3, -0.25) is 9.59 Å². The van der Waals surface area contributed by atoms with Gasteiger partial charge >= 0.3 is 0 Å². The summed E-state index contributed by atoms with van der Waals surface area (Å²) in [6.45, 7) is 3.73. The maximum Gasteiger partial charge on any atom is 0.251 e. The van der Waals surface area contributed by atoms with Crippen LogP contribution in [0.1, 0.15) is 34.3 Å². The van der Waals surface area contributed by atoms with Gasteiger partial charge < -0.3 is 15.3 Å². The summed E-state index contributed by atoms with van der Waals surface area (Å²) in [4.78, 5) is 35.3. The van der Waals surface area contributed by atoms with E-state index < -0.39 is 6.04 Å². The van der Waals surface area contributed by atoms with Crippen LogP contribution in [-0.4, -0.2) is 20.9 Å². The number of carbonyl (C=O) groups excluding carboxylic acids is 1. The van der Waals surface area contributed by atoms with Gasteiger partial charge in [-0.05, 0) is 36.6 Å². The second-order valence-corrected chi connectivity index (χ2v) is 7.54. The van der Waals surface area contributed by atoms with E-state index in [2.05, 4.69) is 20.3 Å². The molecule has 6 nitrogen and oxygen atoms in total. The van der Waals surface area contributed by atoms with E-state index in [0.29, 0.717) is 17.9 Å². The van der Waals surface area contributed by atoms with Gasteiger partial charge in [-0.15, -0.1) is 0 Å². The van der Waals surface area contributed by atoms with Crippen LogP contribution in [0.5, 0.6) is 0 Å². The predicted molar refractivity (Wildman–Crippen MR) is 117 cm³/mol. The van der Waals surface area contributed by atoms with Crippen molar-refractivity contribution in [3.8, 4) is 0 Å². The zero-order chi connectivity index (χ0) is 21.1. The molecule has 30 heavy (non-hydrogen) atoms. The third kappa shape index (κ3) is 4.33. The first kappa shape index (κ1) is 19.6. The molecular formula is C24H24N4O2. The van der Waals surface area contributed by atoms with Crippen molar-refractivity contribution in [2.24, 2.45) is 0 Å². The Morgan fingerprint density at radius 1 is 1.07 bits per heavy atom. The maximum absolute atomic E-state index is 12.9. The number of hydrogen-bond donors (Lipinski definition) is 3. The number of hydrogen-bond acceptors (Lipinski definition) is 3. The average Bonchev–Trinajstić information content (AvgIpc) is 3.11. The van der Waals surface area contributed by atoms with Gasteiger partial charge in [0, 0.05) is 29.6 Å². The van der Waals surface area contributed by atoms with E-state index >= 15 is 0 Å². The Bertz CT molecular complexity index is 1260. The number of carbonyl (C=O) groups is 1. The molecule has 1 atom stereocenters. The Labute approximate surface area is 174 Å². The predicted octanol–water partition coefficient (Wildman–Crippen LogP) is 3.51. The molecule has 0 saturated carbocycles. The molecular weight excluding hydrogens is 376 g/mol. The van der Waals surface area contributed by atoms with E-state index in [-0.39, 0.29) is 17.9 Å². The van der Waals surface area contributed by atoms with E-state index in [1.54, 1.807) is 6.92 Å². The molecule has 2 aromatic carbocycles. The first-order chi connectivity index (χ1) is 14.5. The lowest BCUT2D eigenvalue weighted by Crippen LogP contribution is -2.33. The molecule has 1 amide bonds. The number of nitrogens with one attached hydrogen (secondary N) is 3. The lowest BCUT2D eigenvalue weighted by Gasteiger charge is -2.19. The molecule has 3 N–H and O–H groups in total. The third-order valence-corrected chi connectivity index (χ3v) is 5.28. The van der Waals surface area contributed by atoms with Crippen LogP contribution < -0.4 is 10.9 Å². The van der Waals surface area contributed by atoms with Gasteiger partial charge in [-0.2, -0.15) is 0 Å². The van der Waals surface area contributed by atoms with Gasteiger partial charge in [0.2, 0.25) is 5.91 Å². The topological polar surface area (TPSA) is 90.6 Å². The molecule has 4 aromatic rings. The summed E-state index contributed by atoms with van der Waals surface area (Å²) in [5, 5.41) is 4.19. The highest BCUT2D eigenvalue weighted by Gasteiger charge is 2.20. The maximum atomic E-state index is 12.9. The minimum atomic E-state index is -0.415. The number of amides is 1. The molecule has 4 rings (SSSR count). The molecule has 2 aromatic heterocycles. The molecule has 0 aliphatic rings. The summed E-state index contributed by atoms with van der Waals surface area (Å²) in [5.74, 6) is 0.420. The van der Waals surface area contributed by atoms with E-state index in [1.807, 2.05) is 61.7 Å². The lowest BCUT2D eigenvalue weighted by molar-refractivity contribution is -0.121. The van der Waals surface area contributed by atoms with Crippen LogP contribution in [0.25, 0.3) is 10.9 Å². The highest BCUT2D eigenvalue weighted by molar-refractivity contribution is 5.83. The molecule has 0 fully saturated rings. The minimum Gasteiger partial charge on any atom is -0.361 e. The Hall–Kier alpha value is -3.67. The molecule has 1 unspecified atom stereocenters. The van der Waals surface area contributed by atoms with E-state index in [4.69, 9.17) is 0 Å². The van der Waals surface area contributed by atoms with E-state index in [9.17, 15) is 9.59 Å². The summed E-state index contributed by atoms with van der Waals surface area (Å²) in [5.41, 5.74) is 4.48. The summed E-state index contributed by atoms with van der Waals surface area (Å²) < 4.78 is 0. The summed E-state index contributed by atoms with van der Waals surface area (Å²) >= 11 is 0. The van der Waals surface area contributed by atoms with Crippen molar-refractivity contribution in [1.82, 2.24) is 20.3 Å². The fourth-order valence-electron chi connectivity index (χ4n) is 3.76. The number of benzene rings is 2. The number of rotatable bonds is 6. The largest absolute Gasteiger partial charge is 0.361 e. The fraction of sp³-hybridized carbons (Fsp3) is 0.208. The Balaban J connectivity index is 1.64. The first-order valence-electron chi connectivity index (χ1n) is 9.96. The van der Waals surface area contributed by atoms with Crippen molar-refractivity contribution < 1.29 is 4.79 Å². The van der Waals surface area contributed by atoms with Crippen LogP contribution >= 0.6 is 0 Å². The fourth-order valence-corrected chi connectivity index (χ4v) is 3.76. The van der Waals surface area contributed by atoms with Gasteiger partial charge in [-0.1, -0.05) is 42.5 Å². The SMILES string of the molecule is Cc1nc(C(Cc2c[nH]c3ccccc23)NC(=O)Cc2ccccc2C)cc(=O)[nH]1. The summed E-state index contributed by atoms with van der Waals surface area (Å²) in [6.07, 6.45) is 2.75. The standard InChI is InChI=1S/C24H24N4O2/c1-15-7-3-4-8-17(15)12-23(29)28-21(22-13-24(30)27-16(2)26-22)11-18-14-25-20-10-6-5-9-19(18)20/h3-10,13-14,21,25H,11-12H2,1-2H3,(H,28,29)(H,26,27,30). The number of aromatic amines is 2. The molecule has 0 saturated heterocycles. The van der Waals surface area contributed by atoms with E-state index in [1.165, 1.54) is 6.07 Å². The average molecular weight is 400 g/mol. The highest BCUT2D eigenvalue weighted by Crippen LogP contribution is 2.24. The number of aromatic nitrogens is 3. The van der Waals surface area contributed by atoms with Gasteiger partial charge in [0.1, 0.15) is 5.82 Å². The van der Waals surface area contributed by atoms with Crippen LogP contribution in [0, 0.1) is 13.8 Å². The number of para-hydroxylation sites is 1. The number of fused-ring (bicyclic) bond motifs is 1.